The lowest BCUT2D eigenvalue weighted by atomic mass is 9.95. The fourth-order valence-electron chi connectivity index (χ4n) is 4.00. The van der Waals surface area contributed by atoms with Crippen molar-refractivity contribution in [3.05, 3.63) is 95.3 Å². The van der Waals surface area contributed by atoms with E-state index in [9.17, 15) is 14.7 Å². The van der Waals surface area contributed by atoms with E-state index in [0.717, 1.165) is 12.0 Å². The van der Waals surface area contributed by atoms with Crippen molar-refractivity contribution >= 4 is 17.4 Å². The van der Waals surface area contributed by atoms with E-state index in [2.05, 4.69) is 4.98 Å². The third kappa shape index (κ3) is 4.64. The number of carbonyl (C=O) groups excluding carboxylic acids is 2. The van der Waals surface area contributed by atoms with Gasteiger partial charge in [0.25, 0.3) is 11.7 Å². The second-order valence-corrected chi connectivity index (χ2v) is 7.94. The minimum absolute atomic E-state index is 0.0229. The number of benzene rings is 2. The van der Waals surface area contributed by atoms with Crippen molar-refractivity contribution in [1.82, 2.24) is 9.88 Å². The molecule has 2 aromatic carbocycles. The van der Waals surface area contributed by atoms with Gasteiger partial charge in [-0.2, -0.15) is 0 Å². The lowest BCUT2D eigenvalue weighted by molar-refractivity contribution is -0.140. The Morgan fingerprint density at radius 2 is 1.85 bits per heavy atom. The molecule has 3 aromatic rings. The number of aliphatic hydroxyl groups excluding tert-OH is 1. The van der Waals surface area contributed by atoms with Crippen LogP contribution in [0.5, 0.6) is 11.5 Å². The molecule has 1 atom stereocenters. The molecule has 1 aromatic heterocycles. The van der Waals surface area contributed by atoms with Crippen LogP contribution < -0.4 is 9.47 Å². The molecule has 0 radical (unpaired) electrons. The Morgan fingerprint density at radius 3 is 2.59 bits per heavy atom. The zero-order chi connectivity index (χ0) is 24.1. The van der Waals surface area contributed by atoms with Gasteiger partial charge in [-0.05, 0) is 47.9 Å². The SMILES string of the molecule is CCCOc1cccc(C(O)=C2C(=O)C(=O)N(Cc3cccnc3)C2c2cccc(OC)c2)c1. The second kappa shape index (κ2) is 10.2. The third-order valence-corrected chi connectivity index (χ3v) is 5.61. The highest BCUT2D eigenvalue weighted by Crippen LogP contribution is 2.41. The van der Waals surface area contributed by atoms with Crippen molar-refractivity contribution in [2.24, 2.45) is 0 Å². The highest BCUT2D eigenvalue weighted by atomic mass is 16.5. The van der Waals surface area contributed by atoms with Gasteiger partial charge in [0.2, 0.25) is 0 Å². The van der Waals surface area contributed by atoms with Gasteiger partial charge < -0.3 is 19.5 Å². The molecule has 7 heteroatoms. The van der Waals surface area contributed by atoms with Gasteiger partial charge in [-0.15, -0.1) is 0 Å². The molecule has 2 heterocycles. The second-order valence-electron chi connectivity index (χ2n) is 7.94. The number of hydrogen-bond acceptors (Lipinski definition) is 6. The van der Waals surface area contributed by atoms with Crippen molar-refractivity contribution in [1.29, 1.82) is 0 Å². The van der Waals surface area contributed by atoms with E-state index in [4.69, 9.17) is 9.47 Å². The Balaban J connectivity index is 1.83. The van der Waals surface area contributed by atoms with E-state index < -0.39 is 17.7 Å². The maximum atomic E-state index is 13.2. The van der Waals surface area contributed by atoms with Crippen LogP contribution in [0.25, 0.3) is 5.76 Å². The van der Waals surface area contributed by atoms with E-state index in [-0.39, 0.29) is 17.9 Å². The molecule has 1 aliphatic rings. The summed E-state index contributed by atoms with van der Waals surface area (Å²) >= 11 is 0. The first-order valence-corrected chi connectivity index (χ1v) is 11.1. The third-order valence-electron chi connectivity index (χ3n) is 5.61. The zero-order valence-electron chi connectivity index (χ0n) is 19.1. The van der Waals surface area contributed by atoms with E-state index in [1.165, 1.54) is 4.90 Å². The summed E-state index contributed by atoms with van der Waals surface area (Å²) in [5, 5.41) is 11.3. The first-order valence-electron chi connectivity index (χ1n) is 11.1. The molecular formula is C27H26N2O5. The molecule has 0 bridgehead atoms. The van der Waals surface area contributed by atoms with Gasteiger partial charge in [0.15, 0.2) is 0 Å². The fourth-order valence-corrected chi connectivity index (χ4v) is 4.00. The average Bonchev–Trinajstić information content (AvgIpc) is 3.12. The van der Waals surface area contributed by atoms with Crippen LogP contribution in [0.2, 0.25) is 0 Å². The summed E-state index contributed by atoms with van der Waals surface area (Å²) < 4.78 is 11.0. The molecule has 1 saturated heterocycles. The number of hydrogen-bond donors (Lipinski definition) is 1. The summed E-state index contributed by atoms with van der Waals surface area (Å²) in [6.45, 7) is 2.70. The molecule has 1 aliphatic heterocycles. The molecule has 0 spiro atoms. The highest BCUT2D eigenvalue weighted by molar-refractivity contribution is 6.46. The number of Topliss-reactive ketones (excluding diaryl/α,β-unsaturated/α-hetero) is 1. The molecule has 7 nitrogen and oxygen atoms in total. The first-order chi connectivity index (χ1) is 16.5. The van der Waals surface area contributed by atoms with Crippen LogP contribution >= 0.6 is 0 Å². The number of pyridine rings is 1. The molecule has 0 aliphatic carbocycles. The predicted molar refractivity (Wildman–Crippen MR) is 127 cm³/mol. The fraction of sp³-hybridized carbons (Fsp3) is 0.222. The van der Waals surface area contributed by atoms with Gasteiger partial charge in [-0.1, -0.05) is 37.3 Å². The average molecular weight is 459 g/mol. The molecule has 1 amide bonds. The van der Waals surface area contributed by atoms with Crippen molar-refractivity contribution < 1.29 is 24.2 Å². The Bertz CT molecular complexity index is 1220. The molecule has 0 saturated carbocycles. The minimum atomic E-state index is -0.796. The number of likely N-dealkylation sites (tertiary alicyclic amines) is 1. The number of amides is 1. The van der Waals surface area contributed by atoms with Crippen LogP contribution in [-0.2, 0) is 16.1 Å². The molecule has 1 fully saturated rings. The molecule has 174 valence electrons. The summed E-state index contributed by atoms with van der Waals surface area (Å²) in [6.07, 6.45) is 4.13. The van der Waals surface area contributed by atoms with Gasteiger partial charge in [0.1, 0.15) is 17.3 Å². The highest BCUT2D eigenvalue weighted by Gasteiger charge is 2.46. The summed E-state index contributed by atoms with van der Waals surface area (Å²) in [6, 6.07) is 16.8. The van der Waals surface area contributed by atoms with E-state index in [1.807, 2.05) is 19.1 Å². The first kappa shape index (κ1) is 23.0. The Labute approximate surface area is 198 Å². The van der Waals surface area contributed by atoms with Crippen LogP contribution in [0.15, 0.2) is 78.6 Å². The van der Waals surface area contributed by atoms with Crippen molar-refractivity contribution in [2.45, 2.75) is 25.9 Å². The van der Waals surface area contributed by atoms with Crippen molar-refractivity contribution in [3.63, 3.8) is 0 Å². The molecule has 34 heavy (non-hydrogen) atoms. The molecule has 1 N–H and O–H groups in total. The lowest BCUT2D eigenvalue weighted by Crippen LogP contribution is -2.29. The van der Waals surface area contributed by atoms with Crippen LogP contribution in [0.3, 0.4) is 0 Å². The van der Waals surface area contributed by atoms with E-state index in [0.29, 0.717) is 29.2 Å². The Kier molecular flexibility index (Phi) is 6.92. The maximum absolute atomic E-state index is 13.2. The van der Waals surface area contributed by atoms with Crippen LogP contribution in [0, 0.1) is 0 Å². The normalized spacial score (nSPS) is 17.1. The smallest absolute Gasteiger partial charge is 0.295 e. The number of aliphatic hydroxyl groups is 1. The van der Waals surface area contributed by atoms with Gasteiger partial charge in [-0.25, -0.2) is 0 Å². The number of methoxy groups -OCH3 is 1. The topological polar surface area (TPSA) is 89.0 Å². The largest absolute Gasteiger partial charge is 0.507 e. The number of carbonyl (C=O) groups is 2. The monoisotopic (exact) mass is 458 g/mol. The van der Waals surface area contributed by atoms with E-state index in [1.54, 1.807) is 68.0 Å². The minimum Gasteiger partial charge on any atom is -0.507 e. The summed E-state index contributed by atoms with van der Waals surface area (Å²) in [4.78, 5) is 32.0. The lowest BCUT2D eigenvalue weighted by Gasteiger charge is -2.25. The number of nitrogens with zero attached hydrogens (tertiary/aromatic N) is 2. The van der Waals surface area contributed by atoms with Crippen LogP contribution in [0.4, 0.5) is 0 Å². The number of ketones is 1. The van der Waals surface area contributed by atoms with Gasteiger partial charge in [0.05, 0.1) is 25.3 Å². The predicted octanol–water partition coefficient (Wildman–Crippen LogP) is 4.50. The van der Waals surface area contributed by atoms with Crippen molar-refractivity contribution in [2.75, 3.05) is 13.7 Å². The molecule has 1 unspecified atom stereocenters. The standard InChI is InChI=1S/C27H26N2O5/c1-3-13-34-22-11-5-9-20(15-22)25(30)23-24(19-8-4-10-21(14-19)33-2)29(27(32)26(23)31)17-18-7-6-12-28-16-18/h4-12,14-16,24,30H,3,13,17H2,1-2H3. The number of rotatable bonds is 8. The molecule has 4 rings (SSSR count). The van der Waals surface area contributed by atoms with Gasteiger partial charge in [-0.3, -0.25) is 14.6 Å². The zero-order valence-corrected chi connectivity index (χ0v) is 19.1. The Morgan fingerprint density at radius 1 is 1.06 bits per heavy atom. The quantitative estimate of drug-likeness (QED) is 0.304. The van der Waals surface area contributed by atoms with Gasteiger partial charge in [0, 0.05) is 24.5 Å². The number of ether oxygens (including phenoxy) is 2. The summed E-state index contributed by atoms with van der Waals surface area (Å²) in [7, 11) is 1.55. The van der Waals surface area contributed by atoms with Gasteiger partial charge >= 0.3 is 0 Å². The van der Waals surface area contributed by atoms with Crippen LogP contribution in [0.1, 0.15) is 36.1 Å². The maximum Gasteiger partial charge on any atom is 0.295 e. The number of aromatic nitrogens is 1. The Hall–Kier alpha value is -4.13. The van der Waals surface area contributed by atoms with E-state index >= 15 is 0 Å². The summed E-state index contributed by atoms with van der Waals surface area (Å²) in [5.41, 5.74) is 1.85. The van der Waals surface area contributed by atoms with Crippen molar-refractivity contribution in [3.8, 4) is 11.5 Å². The summed E-state index contributed by atoms with van der Waals surface area (Å²) in [5.74, 6) is -0.514. The van der Waals surface area contributed by atoms with Crippen LogP contribution in [-0.4, -0.2) is 40.4 Å². The molecular weight excluding hydrogens is 432 g/mol.